The minimum atomic E-state index is -0.175. The van der Waals surface area contributed by atoms with Crippen LogP contribution in [0, 0.1) is 0 Å². The van der Waals surface area contributed by atoms with Crippen LogP contribution in [0.15, 0.2) is 24.3 Å². The summed E-state index contributed by atoms with van der Waals surface area (Å²) in [5.74, 6) is 0.573. The Hall–Kier alpha value is -1.51. The summed E-state index contributed by atoms with van der Waals surface area (Å²) in [5, 5.41) is 3.24. The van der Waals surface area contributed by atoms with Gasteiger partial charge >= 0.3 is 5.97 Å². The molecule has 1 saturated carbocycles. The highest BCUT2D eigenvalue weighted by atomic mass is 16.5. The van der Waals surface area contributed by atoms with Crippen LogP contribution in [-0.2, 0) is 9.53 Å². The van der Waals surface area contributed by atoms with Crippen LogP contribution >= 0.6 is 0 Å². The molecule has 1 fully saturated rings. The van der Waals surface area contributed by atoms with Gasteiger partial charge in [-0.2, -0.15) is 0 Å². The van der Waals surface area contributed by atoms with Crippen LogP contribution in [0.3, 0.4) is 0 Å². The molecule has 0 aliphatic heterocycles. The Kier molecular flexibility index (Phi) is 5.25. The van der Waals surface area contributed by atoms with E-state index in [0.717, 1.165) is 11.6 Å². The minimum Gasteiger partial charge on any atom is -0.469 e. The zero-order chi connectivity index (χ0) is 13.5. The van der Waals surface area contributed by atoms with E-state index >= 15 is 0 Å². The quantitative estimate of drug-likeness (QED) is 0.821. The van der Waals surface area contributed by atoms with Gasteiger partial charge in [-0.25, -0.2) is 0 Å². The van der Waals surface area contributed by atoms with Crippen LogP contribution in [0.4, 0.5) is 5.69 Å². The van der Waals surface area contributed by atoms with Crippen molar-refractivity contribution < 1.29 is 9.53 Å². The molecular formula is C16H23NO2. The molecule has 3 nitrogen and oxygen atoms in total. The largest absolute Gasteiger partial charge is 0.469 e. The minimum absolute atomic E-state index is 0.175. The van der Waals surface area contributed by atoms with Gasteiger partial charge < -0.3 is 10.1 Å². The molecule has 19 heavy (non-hydrogen) atoms. The summed E-state index contributed by atoms with van der Waals surface area (Å²) in [6, 6.07) is 8.66. The van der Waals surface area contributed by atoms with Gasteiger partial charge in [-0.05, 0) is 36.5 Å². The average molecular weight is 261 g/mol. The molecule has 0 atom stereocenters. The third-order valence-electron chi connectivity index (χ3n) is 3.87. The third kappa shape index (κ3) is 4.27. The SMILES string of the molecule is COC(=O)CCNc1ccc(C2CCCCC2)cc1. The lowest BCUT2D eigenvalue weighted by Crippen LogP contribution is -2.09. The van der Waals surface area contributed by atoms with Crippen molar-refractivity contribution in [3.8, 4) is 0 Å². The van der Waals surface area contributed by atoms with Gasteiger partial charge in [0.15, 0.2) is 0 Å². The molecule has 0 heterocycles. The molecule has 2 rings (SSSR count). The molecule has 0 spiro atoms. The predicted octanol–water partition coefficient (Wildman–Crippen LogP) is 3.71. The van der Waals surface area contributed by atoms with Crippen molar-refractivity contribution in [2.45, 2.75) is 44.4 Å². The maximum Gasteiger partial charge on any atom is 0.307 e. The molecule has 1 aromatic rings. The average Bonchev–Trinajstić information content (AvgIpc) is 2.48. The molecule has 1 N–H and O–H groups in total. The van der Waals surface area contributed by atoms with E-state index in [1.807, 2.05) is 0 Å². The zero-order valence-corrected chi connectivity index (χ0v) is 11.7. The number of hydrogen-bond acceptors (Lipinski definition) is 3. The second-order valence-electron chi connectivity index (χ2n) is 5.21. The highest BCUT2D eigenvalue weighted by Gasteiger charge is 2.14. The summed E-state index contributed by atoms with van der Waals surface area (Å²) in [6.45, 7) is 0.620. The first-order valence-corrected chi connectivity index (χ1v) is 7.20. The Bertz CT molecular complexity index is 394. The van der Waals surface area contributed by atoms with Crippen LogP contribution in [0.1, 0.15) is 50.0 Å². The summed E-state index contributed by atoms with van der Waals surface area (Å²) in [7, 11) is 1.42. The van der Waals surface area contributed by atoms with Gasteiger partial charge in [0, 0.05) is 12.2 Å². The Labute approximate surface area is 115 Å². The number of benzene rings is 1. The van der Waals surface area contributed by atoms with Crippen molar-refractivity contribution in [2.75, 3.05) is 19.0 Å². The number of rotatable bonds is 5. The standard InChI is InChI=1S/C16H23NO2/c1-19-16(18)11-12-17-15-9-7-14(8-10-15)13-5-3-2-4-6-13/h7-10,13,17H,2-6,11-12H2,1H3. The molecule has 1 aromatic carbocycles. The van der Waals surface area contributed by atoms with Crippen LogP contribution < -0.4 is 5.32 Å². The van der Waals surface area contributed by atoms with Gasteiger partial charge in [0.25, 0.3) is 0 Å². The first-order chi connectivity index (χ1) is 9.29. The fourth-order valence-corrected chi connectivity index (χ4v) is 2.72. The second kappa shape index (κ2) is 7.17. The zero-order valence-electron chi connectivity index (χ0n) is 11.7. The maximum absolute atomic E-state index is 11.0. The molecule has 0 saturated heterocycles. The van der Waals surface area contributed by atoms with Gasteiger partial charge in [0.05, 0.1) is 13.5 Å². The van der Waals surface area contributed by atoms with E-state index in [2.05, 4.69) is 34.3 Å². The third-order valence-corrected chi connectivity index (χ3v) is 3.87. The smallest absolute Gasteiger partial charge is 0.307 e. The first-order valence-electron chi connectivity index (χ1n) is 7.20. The number of carbonyl (C=O) groups excluding carboxylic acids is 1. The fraction of sp³-hybridized carbons (Fsp3) is 0.562. The highest BCUT2D eigenvalue weighted by molar-refractivity contribution is 5.69. The predicted molar refractivity (Wildman–Crippen MR) is 77.4 cm³/mol. The summed E-state index contributed by atoms with van der Waals surface area (Å²) >= 11 is 0. The maximum atomic E-state index is 11.0. The summed E-state index contributed by atoms with van der Waals surface area (Å²) in [6.07, 6.45) is 7.18. The fourth-order valence-electron chi connectivity index (χ4n) is 2.72. The Morgan fingerprint density at radius 2 is 1.89 bits per heavy atom. The Morgan fingerprint density at radius 1 is 1.21 bits per heavy atom. The molecule has 0 aromatic heterocycles. The van der Waals surface area contributed by atoms with Crippen molar-refractivity contribution in [3.05, 3.63) is 29.8 Å². The first kappa shape index (κ1) is 13.9. The van der Waals surface area contributed by atoms with E-state index < -0.39 is 0 Å². The van der Waals surface area contributed by atoms with E-state index in [9.17, 15) is 4.79 Å². The number of ether oxygens (including phenoxy) is 1. The summed E-state index contributed by atoms with van der Waals surface area (Å²) < 4.78 is 4.61. The molecule has 0 unspecified atom stereocenters. The van der Waals surface area contributed by atoms with E-state index in [-0.39, 0.29) is 5.97 Å². The molecular weight excluding hydrogens is 238 g/mol. The van der Waals surface area contributed by atoms with Crippen molar-refractivity contribution >= 4 is 11.7 Å². The molecule has 1 aliphatic carbocycles. The van der Waals surface area contributed by atoms with Gasteiger partial charge in [-0.3, -0.25) is 4.79 Å². The molecule has 0 radical (unpaired) electrons. The highest BCUT2D eigenvalue weighted by Crippen LogP contribution is 2.32. The van der Waals surface area contributed by atoms with Gasteiger partial charge in [0.1, 0.15) is 0 Å². The summed E-state index contributed by atoms with van der Waals surface area (Å²) in [4.78, 5) is 11.0. The summed E-state index contributed by atoms with van der Waals surface area (Å²) in [5.41, 5.74) is 2.53. The van der Waals surface area contributed by atoms with Crippen LogP contribution in [0.5, 0.6) is 0 Å². The lowest BCUT2D eigenvalue weighted by Gasteiger charge is -2.22. The van der Waals surface area contributed by atoms with Gasteiger partial charge in [0.2, 0.25) is 0 Å². The van der Waals surface area contributed by atoms with E-state index in [1.54, 1.807) is 0 Å². The van der Waals surface area contributed by atoms with Gasteiger partial charge in [-0.1, -0.05) is 31.4 Å². The van der Waals surface area contributed by atoms with Crippen molar-refractivity contribution in [2.24, 2.45) is 0 Å². The molecule has 1 aliphatic rings. The lowest BCUT2D eigenvalue weighted by atomic mass is 9.84. The lowest BCUT2D eigenvalue weighted by molar-refractivity contribution is -0.140. The topological polar surface area (TPSA) is 38.3 Å². The Morgan fingerprint density at radius 3 is 2.53 bits per heavy atom. The van der Waals surface area contributed by atoms with Crippen molar-refractivity contribution in [1.29, 1.82) is 0 Å². The number of anilines is 1. The van der Waals surface area contributed by atoms with E-state index in [4.69, 9.17) is 0 Å². The molecule has 104 valence electrons. The van der Waals surface area contributed by atoms with Crippen LogP contribution in [0.25, 0.3) is 0 Å². The van der Waals surface area contributed by atoms with Crippen molar-refractivity contribution in [1.82, 2.24) is 0 Å². The van der Waals surface area contributed by atoms with E-state index in [1.165, 1.54) is 44.8 Å². The number of methoxy groups -OCH3 is 1. The van der Waals surface area contributed by atoms with Gasteiger partial charge in [-0.15, -0.1) is 0 Å². The number of hydrogen-bond donors (Lipinski definition) is 1. The molecule has 3 heteroatoms. The van der Waals surface area contributed by atoms with E-state index in [0.29, 0.717) is 13.0 Å². The Balaban J connectivity index is 1.82. The van der Waals surface area contributed by atoms with Crippen LogP contribution in [0.2, 0.25) is 0 Å². The van der Waals surface area contributed by atoms with Crippen LogP contribution in [-0.4, -0.2) is 19.6 Å². The number of esters is 1. The van der Waals surface area contributed by atoms with Crippen molar-refractivity contribution in [3.63, 3.8) is 0 Å². The molecule has 0 amide bonds. The number of carbonyl (C=O) groups is 1. The normalized spacial score (nSPS) is 16.1. The second-order valence-corrected chi connectivity index (χ2v) is 5.21. The molecule has 0 bridgehead atoms. The monoisotopic (exact) mass is 261 g/mol. The number of nitrogens with one attached hydrogen (secondary N) is 1.